The minimum Gasteiger partial charge on any atom is -0.299 e. The molecule has 21 heavy (non-hydrogen) atoms. The van der Waals surface area contributed by atoms with Crippen LogP contribution >= 0.6 is 0 Å². The second kappa shape index (κ2) is 4.85. The third-order valence-electron chi connectivity index (χ3n) is 8.20. The highest BCUT2D eigenvalue weighted by Gasteiger charge is 2.80. The van der Waals surface area contributed by atoms with Crippen LogP contribution in [-0.2, 0) is 0 Å². The molecule has 5 aliphatic rings. The first kappa shape index (κ1) is 14.3. The van der Waals surface area contributed by atoms with Crippen LogP contribution in [0, 0.1) is 28.6 Å². The summed E-state index contributed by atoms with van der Waals surface area (Å²) in [7, 11) is 0. The first-order chi connectivity index (χ1) is 10.1. The van der Waals surface area contributed by atoms with Crippen molar-refractivity contribution < 1.29 is 0 Å². The molecule has 0 aromatic carbocycles. The van der Waals surface area contributed by atoms with Crippen molar-refractivity contribution in [1.29, 1.82) is 0 Å². The predicted molar refractivity (Wildman–Crippen MR) is 89.2 cm³/mol. The molecule has 118 valence electrons. The average Bonchev–Trinajstić information content (AvgIpc) is 2.81. The molecule has 5 fully saturated rings. The molecule has 4 saturated carbocycles. The van der Waals surface area contributed by atoms with Gasteiger partial charge in [-0.2, -0.15) is 0 Å². The molecule has 2 unspecified atom stereocenters. The average molecular weight is 287 g/mol. The Kier molecular flexibility index (Phi) is 3.30. The van der Waals surface area contributed by atoms with Gasteiger partial charge < -0.3 is 0 Å². The molecule has 1 nitrogen and oxygen atoms in total. The van der Waals surface area contributed by atoms with Crippen LogP contribution in [0.2, 0.25) is 0 Å². The lowest BCUT2D eigenvalue weighted by atomic mass is 9.71. The fourth-order valence-electron chi connectivity index (χ4n) is 6.66. The Morgan fingerprint density at radius 1 is 1.10 bits per heavy atom. The van der Waals surface area contributed by atoms with Gasteiger partial charge in [0.25, 0.3) is 0 Å². The number of hydrogen-bond acceptors (Lipinski definition) is 1. The van der Waals surface area contributed by atoms with Crippen LogP contribution in [0.15, 0.2) is 11.6 Å². The third kappa shape index (κ3) is 1.99. The zero-order chi connectivity index (χ0) is 14.7. The van der Waals surface area contributed by atoms with Gasteiger partial charge in [0, 0.05) is 6.54 Å². The Balaban J connectivity index is 1.30. The lowest BCUT2D eigenvalue weighted by Crippen LogP contribution is -2.31. The molecule has 0 spiro atoms. The zero-order valence-electron chi connectivity index (χ0n) is 14.3. The van der Waals surface area contributed by atoms with Crippen LogP contribution in [0.4, 0.5) is 0 Å². The second-order valence-electron chi connectivity index (χ2n) is 9.01. The van der Waals surface area contributed by atoms with Gasteiger partial charge in [-0.1, -0.05) is 31.9 Å². The molecule has 0 N–H and O–H groups in total. The lowest BCUT2D eigenvalue weighted by Gasteiger charge is -2.34. The van der Waals surface area contributed by atoms with Gasteiger partial charge in [0.1, 0.15) is 0 Å². The van der Waals surface area contributed by atoms with E-state index in [9.17, 15) is 0 Å². The molecular weight excluding hydrogens is 254 g/mol. The summed E-state index contributed by atoms with van der Waals surface area (Å²) in [6.07, 6.45) is 12.7. The Morgan fingerprint density at radius 3 is 2.33 bits per heavy atom. The Bertz CT molecular complexity index is 433. The van der Waals surface area contributed by atoms with E-state index in [-0.39, 0.29) is 0 Å². The predicted octanol–water partition coefficient (Wildman–Crippen LogP) is 4.88. The molecule has 0 aromatic heterocycles. The molecule has 1 heterocycles. The van der Waals surface area contributed by atoms with Crippen molar-refractivity contribution in [3.8, 4) is 0 Å². The first-order valence-electron chi connectivity index (χ1n) is 9.44. The molecule has 5 rings (SSSR count). The SMILES string of the molecule is C/C(=C/CC[C@]1(C)C2C[C@@H]3[C@H](C2)C31C)CN1CCCCC1. The number of likely N-dealkylation sites (tertiary alicyclic amines) is 1. The monoisotopic (exact) mass is 287 g/mol. The molecule has 0 amide bonds. The topological polar surface area (TPSA) is 3.24 Å². The van der Waals surface area contributed by atoms with E-state index in [1.165, 1.54) is 51.7 Å². The Hall–Kier alpha value is -0.300. The molecule has 1 aliphatic heterocycles. The lowest BCUT2D eigenvalue weighted by molar-refractivity contribution is 0.154. The minimum absolute atomic E-state index is 0.671. The maximum absolute atomic E-state index is 2.65. The van der Waals surface area contributed by atoms with Gasteiger partial charge in [0.05, 0.1) is 0 Å². The molecule has 0 aromatic rings. The van der Waals surface area contributed by atoms with Crippen molar-refractivity contribution in [3.63, 3.8) is 0 Å². The number of rotatable bonds is 5. The smallest absolute Gasteiger partial charge is 0.0190 e. The molecule has 1 saturated heterocycles. The van der Waals surface area contributed by atoms with Gasteiger partial charge in [-0.15, -0.1) is 0 Å². The normalized spacial score (nSPS) is 48.9. The fourth-order valence-corrected chi connectivity index (χ4v) is 6.66. The number of hydrogen-bond donors (Lipinski definition) is 0. The van der Waals surface area contributed by atoms with Crippen LogP contribution in [0.1, 0.15) is 65.7 Å². The summed E-state index contributed by atoms with van der Waals surface area (Å²) >= 11 is 0. The molecule has 4 aliphatic carbocycles. The zero-order valence-corrected chi connectivity index (χ0v) is 14.3. The van der Waals surface area contributed by atoms with Crippen molar-refractivity contribution in [1.82, 2.24) is 4.90 Å². The van der Waals surface area contributed by atoms with Crippen molar-refractivity contribution in [3.05, 3.63) is 11.6 Å². The molecular formula is C20H33N. The van der Waals surface area contributed by atoms with E-state index >= 15 is 0 Å². The quantitative estimate of drug-likeness (QED) is 0.651. The number of nitrogens with zero attached hydrogens (tertiary/aromatic N) is 1. The second-order valence-corrected chi connectivity index (χ2v) is 9.01. The van der Waals surface area contributed by atoms with Crippen molar-refractivity contribution in [2.45, 2.75) is 65.7 Å². The van der Waals surface area contributed by atoms with E-state index in [2.05, 4.69) is 31.7 Å². The van der Waals surface area contributed by atoms with Crippen molar-refractivity contribution >= 4 is 0 Å². The van der Waals surface area contributed by atoms with E-state index in [0.29, 0.717) is 5.41 Å². The van der Waals surface area contributed by atoms with E-state index < -0.39 is 0 Å². The van der Waals surface area contributed by atoms with Gasteiger partial charge in [-0.3, -0.25) is 4.90 Å². The van der Waals surface area contributed by atoms with Gasteiger partial charge in [0.2, 0.25) is 0 Å². The Labute approximate surface area is 131 Å². The van der Waals surface area contributed by atoms with Crippen LogP contribution in [0.25, 0.3) is 0 Å². The van der Waals surface area contributed by atoms with Crippen LogP contribution in [0.5, 0.6) is 0 Å². The van der Waals surface area contributed by atoms with E-state index in [1.807, 2.05) is 0 Å². The van der Waals surface area contributed by atoms with Crippen LogP contribution in [-0.4, -0.2) is 24.5 Å². The summed E-state index contributed by atoms with van der Waals surface area (Å²) in [6, 6.07) is 0. The molecule has 4 bridgehead atoms. The largest absolute Gasteiger partial charge is 0.299 e. The third-order valence-corrected chi connectivity index (χ3v) is 8.20. The summed E-state index contributed by atoms with van der Waals surface area (Å²) in [5.41, 5.74) is 3.03. The summed E-state index contributed by atoms with van der Waals surface area (Å²) in [6.45, 7) is 11.5. The summed E-state index contributed by atoms with van der Waals surface area (Å²) in [4.78, 5) is 2.65. The molecule has 5 atom stereocenters. The van der Waals surface area contributed by atoms with Gasteiger partial charge in [0.15, 0.2) is 0 Å². The van der Waals surface area contributed by atoms with Crippen LogP contribution in [0.3, 0.4) is 0 Å². The number of allylic oxidation sites excluding steroid dienone is 1. The summed E-state index contributed by atoms with van der Waals surface area (Å²) < 4.78 is 0. The molecule has 1 heteroatoms. The highest BCUT2D eigenvalue weighted by atomic mass is 15.1. The van der Waals surface area contributed by atoms with Gasteiger partial charge >= 0.3 is 0 Å². The van der Waals surface area contributed by atoms with E-state index in [0.717, 1.165) is 23.2 Å². The summed E-state index contributed by atoms with van der Waals surface area (Å²) in [5, 5.41) is 0. The highest BCUT2D eigenvalue weighted by molar-refractivity contribution is 5.29. The van der Waals surface area contributed by atoms with Crippen LogP contribution < -0.4 is 0 Å². The number of piperidine rings is 1. The maximum Gasteiger partial charge on any atom is 0.0190 e. The van der Waals surface area contributed by atoms with Gasteiger partial charge in [-0.05, 0) is 87.1 Å². The standard InChI is InChI=1S/C20H33N/c1-15(14-21-10-5-4-6-11-21)8-7-9-19(2)16-12-17-18(13-16)20(17,19)3/h8,16-18H,4-7,9-14H2,1-3H3/b15-8-/t16?,17-,18+,19-,20?/m1/s1. The van der Waals surface area contributed by atoms with Crippen molar-refractivity contribution in [2.75, 3.05) is 19.6 Å². The Morgan fingerprint density at radius 2 is 1.76 bits per heavy atom. The van der Waals surface area contributed by atoms with E-state index in [4.69, 9.17) is 0 Å². The minimum atomic E-state index is 0.671. The highest BCUT2D eigenvalue weighted by Crippen LogP contribution is 2.87. The first-order valence-corrected chi connectivity index (χ1v) is 9.44. The maximum atomic E-state index is 2.65. The molecule has 0 radical (unpaired) electrons. The summed E-state index contributed by atoms with van der Waals surface area (Å²) in [5.74, 6) is 3.30. The van der Waals surface area contributed by atoms with Gasteiger partial charge in [-0.25, -0.2) is 0 Å². The van der Waals surface area contributed by atoms with E-state index in [1.54, 1.807) is 18.4 Å². The van der Waals surface area contributed by atoms with Crippen molar-refractivity contribution in [2.24, 2.45) is 28.6 Å². The fraction of sp³-hybridized carbons (Fsp3) is 0.900.